The van der Waals surface area contributed by atoms with Crippen LogP contribution in [0.2, 0.25) is 0 Å². The van der Waals surface area contributed by atoms with Crippen LogP contribution in [-0.4, -0.2) is 31.0 Å². The Morgan fingerprint density at radius 2 is 1.65 bits per heavy atom. The molecule has 0 spiro atoms. The van der Waals surface area contributed by atoms with E-state index in [4.69, 9.17) is 0 Å². The van der Waals surface area contributed by atoms with Crippen LogP contribution < -0.4 is 5.32 Å². The molecule has 0 radical (unpaired) electrons. The Kier molecular flexibility index (Phi) is 6.23. The van der Waals surface area contributed by atoms with E-state index in [-0.39, 0.29) is 11.7 Å². The Bertz CT molecular complexity index is 1160. The zero-order valence-electron chi connectivity index (χ0n) is 17.9. The predicted molar refractivity (Wildman–Crippen MR) is 125 cm³/mol. The number of amides is 1. The summed E-state index contributed by atoms with van der Waals surface area (Å²) >= 11 is 1.39. The van der Waals surface area contributed by atoms with Crippen molar-refractivity contribution in [2.24, 2.45) is 0 Å². The lowest BCUT2D eigenvalue weighted by Gasteiger charge is -2.13. The number of hydrogen-bond donors (Lipinski definition) is 1. The normalized spacial score (nSPS) is 10.9. The number of rotatable bonds is 7. The number of nitrogens with one attached hydrogen (secondary N) is 1. The average molecular weight is 432 g/mol. The lowest BCUT2D eigenvalue weighted by atomic mass is 10.1. The molecule has 31 heavy (non-hydrogen) atoms. The van der Waals surface area contributed by atoms with Gasteiger partial charge in [-0.1, -0.05) is 59.8 Å². The molecule has 0 bridgehead atoms. The Morgan fingerprint density at radius 1 is 0.968 bits per heavy atom. The van der Waals surface area contributed by atoms with Gasteiger partial charge in [-0.2, -0.15) is 0 Å². The highest BCUT2D eigenvalue weighted by Crippen LogP contribution is 2.24. The fourth-order valence-electron chi connectivity index (χ4n) is 3.63. The van der Waals surface area contributed by atoms with Crippen LogP contribution in [0.5, 0.6) is 0 Å². The van der Waals surface area contributed by atoms with Gasteiger partial charge in [0.05, 0.1) is 12.3 Å². The molecule has 2 aromatic carbocycles. The van der Waals surface area contributed by atoms with Crippen LogP contribution in [0.25, 0.3) is 5.95 Å². The van der Waals surface area contributed by atoms with Gasteiger partial charge < -0.3 is 5.32 Å². The molecule has 0 aliphatic rings. The minimum atomic E-state index is -0.0585. The molecular formula is C24H25N5OS. The van der Waals surface area contributed by atoms with E-state index < -0.39 is 0 Å². The van der Waals surface area contributed by atoms with Gasteiger partial charge in [0.2, 0.25) is 11.9 Å². The van der Waals surface area contributed by atoms with E-state index >= 15 is 0 Å². The standard InChI is InChI=1S/C24H25N5OS/c1-17-13-18(2)22(19(3)14-17)25-21(30)16-31-24-27-26-23(28-11-7-8-12-28)29(24)15-20-9-5-4-6-10-20/h4-14H,15-16H2,1-3H3,(H,25,30). The number of hydrogen-bond acceptors (Lipinski definition) is 4. The van der Waals surface area contributed by atoms with Crippen LogP contribution >= 0.6 is 11.8 Å². The van der Waals surface area contributed by atoms with Gasteiger partial charge in [0.15, 0.2) is 5.16 Å². The fourth-order valence-corrected chi connectivity index (χ4v) is 4.37. The summed E-state index contributed by atoms with van der Waals surface area (Å²) in [4.78, 5) is 12.7. The van der Waals surface area contributed by atoms with Crippen molar-refractivity contribution in [1.29, 1.82) is 0 Å². The molecular weight excluding hydrogens is 406 g/mol. The molecule has 4 rings (SSSR count). The van der Waals surface area contributed by atoms with E-state index in [2.05, 4.69) is 46.7 Å². The minimum absolute atomic E-state index is 0.0585. The second-order valence-corrected chi connectivity index (χ2v) is 8.50. The third-order valence-electron chi connectivity index (χ3n) is 4.99. The topological polar surface area (TPSA) is 64.7 Å². The zero-order valence-corrected chi connectivity index (χ0v) is 18.7. The number of nitrogens with zero attached hydrogens (tertiary/aromatic N) is 4. The first-order valence-electron chi connectivity index (χ1n) is 10.1. The molecule has 7 heteroatoms. The minimum Gasteiger partial charge on any atom is -0.325 e. The number of aromatic nitrogens is 4. The van der Waals surface area contributed by atoms with Crippen LogP contribution in [0.3, 0.4) is 0 Å². The van der Waals surface area contributed by atoms with E-state index in [1.165, 1.54) is 17.3 Å². The van der Waals surface area contributed by atoms with E-state index in [0.717, 1.165) is 28.3 Å². The number of anilines is 1. The average Bonchev–Trinajstić information content (AvgIpc) is 3.40. The van der Waals surface area contributed by atoms with Crippen molar-refractivity contribution in [3.63, 3.8) is 0 Å². The predicted octanol–water partition coefficient (Wildman–Crippen LogP) is 4.77. The molecule has 0 unspecified atom stereocenters. The molecule has 0 aliphatic heterocycles. The van der Waals surface area contributed by atoms with Gasteiger partial charge in [0.25, 0.3) is 0 Å². The van der Waals surface area contributed by atoms with Crippen LogP contribution in [0.1, 0.15) is 22.3 Å². The largest absolute Gasteiger partial charge is 0.325 e. The first-order chi connectivity index (χ1) is 15.0. The molecule has 6 nitrogen and oxygen atoms in total. The summed E-state index contributed by atoms with van der Waals surface area (Å²) in [6.45, 7) is 6.72. The summed E-state index contributed by atoms with van der Waals surface area (Å²) < 4.78 is 3.97. The monoisotopic (exact) mass is 431 g/mol. The number of aryl methyl sites for hydroxylation is 3. The number of carbonyl (C=O) groups is 1. The second kappa shape index (κ2) is 9.22. The Morgan fingerprint density at radius 3 is 2.32 bits per heavy atom. The highest BCUT2D eigenvalue weighted by atomic mass is 32.2. The summed E-state index contributed by atoms with van der Waals surface area (Å²) in [7, 11) is 0. The highest BCUT2D eigenvalue weighted by Gasteiger charge is 2.16. The van der Waals surface area contributed by atoms with Crippen LogP contribution in [-0.2, 0) is 11.3 Å². The van der Waals surface area contributed by atoms with Crippen molar-refractivity contribution < 1.29 is 4.79 Å². The molecule has 1 amide bonds. The third-order valence-corrected chi connectivity index (χ3v) is 5.96. The molecule has 0 fully saturated rings. The fraction of sp³-hybridized carbons (Fsp3) is 0.208. The molecule has 2 heterocycles. The molecule has 0 saturated heterocycles. The van der Waals surface area contributed by atoms with Gasteiger partial charge in [-0.15, -0.1) is 10.2 Å². The smallest absolute Gasteiger partial charge is 0.236 e. The van der Waals surface area contributed by atoms with Crippen LogP contribution in [0, 0.1) is 20.8 Å². The molecule has 4 aromatic rings. The molecule has 0 aliphatic carbocycles. The SMILES string of the molecule is Cc1cc(C)c(NC(=O)CSc2nnc(-n3cccc3)n2Cc2ccccc2)c(C)c1. The summed E-state index contributed by atoms with van der Waals surface area (Å²) in [5.74, 6) is 0.921. The van der Waals surface area contributed by atoms with Gasteiger partial charge in [-0.05, 0) is 49.6 Å². The van der Waals surface area contributed by atoms with Gasteiger partial charge in [0.1, 0.15) is 0 Å². The lowest BCUT2D eigenvalue weighted by Crippen LogP contribution is -2.16. The molecule has 0 saturated carbocycles. The van der Waals surface area contributed by atoms with Crippen molar-refractivity contribution in [3.8, 4) is 5.95 Å². The van der Waals surface area contributed by atoms with Crippen molar-refractivity contribution >= 4 is 23.4 Å². The first-order valence-corrected chi connectivity index (χ1v) is 11.1. The second-order valence-electron chi connectivity index (χ2n) is 7.56. The number of benzene rings is 2. The summed E-state index contributed by atoms with van der Waals surface area (Å²) in [6.07, 6.45) is 3.88. The molecule has 2 aromatic heterocycles. The van der Waals surface area contributed by atoms with Crippen molar-refractivity contribution in [2.75, 3.05) is 11.1 Å². The van der Waals surface area contributed by atoms with Gasteiger partial charge in [0, 0.05) is 18.1 Å². The number of carbonyl (C=O) groups excluding carboxylic acids is 1. The first kappa shape index (κ1) is 20.9. The Labute approximate surface area is 186 Å². The number of thioether (sulfide) groups is 1. The van der Waals surface area contributed by atoms with Gasteiger partial charge >= 0.3 is 0 Å². The maximum absolute atomic E-state index is 12.7. The van der Waals surface area contributed by atoms with Crippen molar-refractivity contribution in [1.82, 2.24) is 19.3 Å². The molecule has 158 valence electrons. The van der Waals surface area contributed by atoms with Crippen LogP contribution in [0.4, 0.5) is 5.69 Å². The van der Waals surface area contributed by atoms with Gasteiger partial charge in [-0.3, -0.25) is 13.9 Å². The van der Waals surface area contributed by atoms with E-state index in [1.54, 1.807) is 0 Å². The zero-order chi connectivity index (χ0) is 21.8. The lowest BCUT2D eigenvalue weighted by molar-refractivity contribution is -0.113. The van der Waals surface area contributed by atoms with Gasteiger partial charge in [-0.25, -0.2) is 0 Å². The van der Waals surface area contributed by atoms with E-state index in [1.807, 2.05) is 65.7 Å². The Balaban J connectivity index is 1.52. The van der Waals surface area contributed by atoms with E-state index in [9.17, 15) is 4.79 Å². The quantitative estimate of drug-likeness (QED) is 0.428. The maximum Gasteiger partial charge on any atom is 0.236 e. The van der Waals surface area contributed by atoms with Crippen molar-refractivity contribution in [3.05, 3.63) is 89.2 Å². The Hall–Kier alpha value is -3.32. The maximum atomic E-state index is 12.7. The van der Waals surface area contributed by atoms with Crippen LogP contribution in [0.15, 0.2) is 72.1 Å². The summed E-state index contributed by atoms with van der Waals surface area (Å²) in [5, 5.41) is 12.5. The highest BCUT2D eigenvalue weighted by molar-refractivity contribution is 7.99. The van der Waals surface area contributed by atoms with Crippen molar-refractivity contribution in [2.45, 2.75) is 32.5 Å². The molecule has 0 atom stereocenters. The summed E-state index contributed by atoms with van der Waals surface area (Å²) in [5.41, 5.74) is 5.35. The molecule has 1 N–H and O–H groups in total. The summed E-state index contributed by atoms with van der Waals surface area (Å²) in [6, 6.07) is 18.2. The third kappa shape index (κ3) is 4.88. The van der Waals surface area contributed by atoms with E-state index in [0.29, 0.717) is 11.7 Å².